The zero-order valence-electron chi connectivity index (χ0n) is 10.2. The lowest BCUT2D eigenvalue weighted by molar-refractivity contribution is 0.564. The van der Waals surface area contributed by atoms with Gasteiger partial charge < -0.3 is 5.73 Å². The molecule has 1 aromatic rings. The molecule has 1 aliphatic rings. The van der Waals surface area contributed by atoms with Gasteiger partial charge in [-0.3, -0.25) is 0 Å². The number of hydrogen-bond donors (Lipinski definition) is 1. The van der Waals surface area contributed by atoms with Gasteiger partial charge in [-0.05, 0) is 42.0 Å². The molecule has 1 nitrogen and oxygen atoms in total. The Labute approximate surface area is 97.7 Å². The molecule has 1 aliphatic carbocycles. The molecule has 1 aromatic carbocycles. The van der Waals surface area contributed by atoms with E-state index in [0.29, 0.717) is 11.8 Å². The number of allylic oxidation sites excluding steroid dienone is 4. The summed E-state index contributed by atoms with van der Waals surface area (Å²) in [6, 6.07) is 8.18. The molecule has 1 unspecified atom stereocenters. The smallest absolute Gasteiger partial charge is 0.0314 e. The minimum Gasteiger partial charge on any atom is -0.399 e. The van der Waals surface area contributed by atoms with Gasteiger partial charge in [-0.15, -0.1) is 0 Å². The van der Waals surface area contributed by atoms with Crippen molar-refractivity contribution >= 4 is 11.3 Å². The minimum absolute atomic E-state index is 0.576. The van der Waals surface area contributed by atoms with Crippen molar-refractivity contribution < 1.29 is 0 Å². The van der Waals surface area contributed by atoms with E-state index in [0.717, 1.165) is 5.69 Å². The van der Waals surface area contributed by atoms with E-state index in [9.17, 15) is 0 Å². The molecule has 2 rings (SSSR count). The summed E-state index contributed by atoms with van der Waals surface area (Å²) in [5.41, 5.74) is 10.6. The fraction of sp³-hybridized carbons (Fsp3) is 0.333. The third-order valence-electron chi connectivity index (χ3n) is 3.43. The van der Waals surface area contributed by atoms with Crippen molar-refractivity contribution in [1.29, 1.82) is 0 Å². The maximum atomic E-state index is 5.71. The van der Waals surface area contributed by atoms with E-state index < -0.39 is 0 Å². The predicted octanol–water partition coefficient (Wildman–Crippen LogP) is 3.88. The summed E-state index contributed by atoms with van der Waals surface area (Å²) in [5, 5.41) is 0. The van der Waals surface area contributed by atoms with E-state index in [1.165, 1.54) is 16.7 Å². The lowest BCUT2D eigenvalue weighted by atomic mass is 9.79. The number of benzene rings is 1. The topological polar surface area (TPSA) is 26.0 Å². The van der Waals surface area contributed by atoms with Gasteiger partial charge in [0.05, 0.1) is 0 Å². The van der Waals surface area contributed by atoms with Crippen molar-refractivity contribution in [2.24, 2.45) is 11.8 Å². The van der Waals surface area contributed by atoms with E-state index >= 15 is 0 Å². The Bertz CT molecular complexity index is 437. The molecule has 0 fully saturated rings. The van der Waals surface area contributed by atoms with E-state index in [-0.39, 0.29) is 0 Å². The van der Waals surface area contributed by atoms with E-state index in [2.05, 4.69) is 45.1 Å². The minimum atomic E-state index is 0.576. The molecule has 0 aromatic heterocycles. The lowest BCUT2D eigenvalue weighted by Gasteiger charge is -2.25. The monoisotopic (exact) mass is 213 g/mol. The van der Waals surface area contributed by atoms with Crippen LogP contribution in [0.15, 0.2) is 42.0 Å². The van der Waals surface area contributed by atoms with Crippen LogP contribution in [0.1, 0.15) is 26.3 Å². The van der Waals surface area contributed by atoms with Gasteiger partial charge in [-0.1, -0.05) is 43.7 Å². The van der Waals surface area contributed by atoms with Gasteiger partial charge >= 0.3 is 0 Å². The lowest BCUT2D eigenvalue weighted by Crippen LogP contribution is -2.12. The molecule has 0 aliphatic heterocycles. The molecule has 2 atom stereocenters. The third kappa shape index (κ3) is 2.04. The average Bonchev–Trinajstić information content (AvgIpc) is 2.25. The first-order valence-corrected chi connectivity index (χ1v) is 5.84. The Hall–Kier alpha value is -1.50. The summed E-state index contributed by atoms with van der Waals surface area (Å²) in [5.74, 6) is 1.19. The van der Waals surface area contributed by atoms with Crippen LogP contribution >= 0.6 is 0 Å². The zero-order valence-corrected chi connectivity index (χ0v) is 10.2. The van der Waals surface area contributed by atoms with Gasteiger partial charge in [0.2, 0.25) is 0 Å². The summed E-state index contributed by atoms with van der Waals surface area (Å²) >= 11 is 0. The summed E-state index contributed by atoms with van der Waals surface area (Å²) in [6.45, 7) is 6.73. The maximum absolute atomic E-state index is 5.71. The molecule has 0 amide bonds. The highest BCUT2D eigenvalue weighted by Crippen LogP contribution is 2.35. The molecule has 0 heterocycles. The number of hydrogen-bond acceptors (Lipinski definition) is 1. The standard InChI is InChI=1S/C15H19N/c1-10-8-11(2)12(3)15(9-10)13-4-6-14(16)7-5-13/h4-9,11-12H,16H2,1-3H3/t11-,12?/m0/s1. The van der Waals surface area contributed by atoms with Crippen LogP contribution < -0.4 is 5.73 Å². The first-order chi connectivity index (χ1) is 7.58. The summed E-state index contributed by atoms with van der Waals surface area (Å²) < 4.78 is 0. The third-order valence-corrected chi connectivity index (χ3v) is 3.43. The molecule has 0 saturated heterocycles. The van der Waals surface area contributed by atoms with Crippen molar-refractivity contribution in [2.45, 2.75) is 20.8 Å². The average molecular weight is 213 g/mol. The van der Waals surface area contributed by atoms with Gasteiger partial charge in [0, 0.05) is 5.69 Å². The second-order valence-corrected chi connectivity index (χ2v) is 4.78. The second-order valence-electron chi connectivity index (χ2n) is 4.78. The molecule has 0 spiro atoms. The molecule has 84 valence electrons. The van der Waals surface area contributed by atoms with Crippen molar-refractivity contribution in [3.05, 3.63) is 47.6 Å². The van der Waals surface area contributed by atoms with Gasteiger partial charge in [0.15, 0.2) is 0 Å². The van der Waals surface area contributed by atoms with Crippen molar-refractivity contribution in [3.8, 4) is 0 Å². The predicted molar refractivity (Wildman–Crippen MR) is 70.9 cm³/mol. The van der Waals surface area contributed by atoms with Crippen LogP contribution in [0.25, 0.3) is 5.57 Å². The van der Waals surface area contributed by atoms with Crippen LogP contribution in [-0.4, -0.2) is 0 Å². The molecule has 2 N–H and O–H groups in total. The Kier molecular flexibility index (Phi) is 2.86. The first-order valence-electron chi connectivity index (χ1n) is 5.84. The van der Waals surface area contributed by atoms with Crippen LogP contribution in [0.2, 0.25) is 0 Å². The van der Waals surface area contributed by atoms with Crippen LogP contribution in [0.5, 0.6) is 0 Å². The quantitative estimate of drug-likeness (QED) is 0.704. The Morgan fingerprint density at radius 2 is 1.69 bits per heavy atom. The molecule has 0 saturated carbocycles. The highest BCUT2D eigenvalue weighted by Gasteiger charge is 2.19. The fourth-order valence-electron chi connectivity index (χ4n) is 2.29. The molecule has 0 radical (unpaired) electrons. The van der Waals surface area contributed by atoms with E-state index in [1.807, 2.05) is 12.1 Å². The van der Waals surface area contributed by atoms with Crippen molar-refractivity contribution in [1.82, 2.24) is 0 Å². The van der Waals surface area contributed by atoms with Crippen molar-refractivity contribution in [3.63, 3.8) is 0 Å². The van der Waals surface area contributed by atoms with Crippen LogP contribution in [-0.2, 0) is 0 Å². The van der Waals surface area contributed by atoms with Crippen molar-refractivity contribution in [2.75, 3.05) is 5.73 Å². The Morgan fingerprint density at radius 3 is 2.31 bits per heavy atom. The van der Waals surface area contributed by atoms with Gasteiger partial charge in [-0.2, -0.15) is 0 Å². The van der Waals surface area contributed by atoms with E-state index in [4.69, 9.17) is 5.73 Å². The highest BCUT2D eigenvalue weighted by atomic mass is 14.5. The molecule has 1 heteroatoms. The van der Waals surface area contributed by atoms with E-state index in [1.54, 1.807) is 0 Å². The highest BCUT2D eigenvalue weighted by molar-refractivity contribution is 5.72. The molecule has 0 bridgehead atoms. The van der Waals surface area contributed by atoms with Gasteiger partial charge in [-0.25, -0.2) is 0 Å². The first kappa shape index (κ1) is 11.0. The summed E-state index contributed by atoms with van der Waals surface area (Å²) in [4.78, 5) is 0. The number of nitrogens with two attached hydrogens (primary N) is 1. The number of anilines is 1. The fourth-order valence-corrected chi connectivity index (χ4v) is 2.29. The largest absolute Gasteiger partial charge is 0.399 e. The maximum Gasteiger partial charge on any atom is 0.0314 e. The van der Waals surface area contributed by atoms with Gasteiger partial charge in [0.1, 0.15) is 0 Å². The molecular formula is C15H19N. The van der Waals surface area contributed by atoms with Gasteiger partial charge in [0.25, 0.3) is 0 Å². The normalized spacial score (nSPS) is 24.9. The Balaban J connectivity index is 2.40. The molecule has 16 heavy (non-hydrogen) atoms. The zero-order chi connectivity index (χ0) is 11.7. The molecular weight excluding hydrogens is 194 g/mol. The summed E-state index contributed by atoms with van der Waals surface area (Å²) in [6.07, 6.45) is 4.63. The SMILES string of the molecule is CC1=C[C@H](C)C(C)C(c2ccc(N)cc2)=C1. The van der Waals surface area contributed by atoms with Crippen LogP contribution in [0.3, 0.4) is 0 Å². The number of rotatable bonds is 1. The Morgan fingerprint density at radius 1 is 1.06 bits per heavy atom. The van der Waals surface area contributed by atoms with Crippen LogP contribution in [0.4, 0.5) is 5.69 Å². The number of nitrogen functional groups attached to an aromatic ring is 1. The summed E-state index contributed by atoms with van der Waals surface area (Å²) in [7, 11) is 0. The second kappa shape index (κ2) is 4.17. The van der Waals surface area contributed by atoms with Crippen LogP contribution in [0, 0.1) is 11.8 Å².